The number of fused-ring (bicyclic) bond motifs is 1. The minimum absolute atomic E-state index is 0.122. The molecule has 13 heteroatoms. The van der Waals surface area contributed by atoms with Crippen molar-refractivity contribution < 1.29 is 33.5 Å². The number of benzene rings is 1. The number of rotatable bonds is 13. The molecule has 1 aromatic heterocycles. The highest BCUT2D eigenvalue weighted by Crippen LogP contribution is 2.21. The molecule has 1 aromatic carbocycles. The quantitative estimate of drug-likeness (QED) is 0.199. The zero-order valence-corrected chi connectivity index (χ0v) is 24.1. The molecule has 0 spiro atoms. The molecular formula is C28H36ClN5O7. The number of alkyl halides is 1. The summed E-state index contributed by atoms with van der Waals surface area (Å²) in [4.78, 5) is 79.6. The van der Waals surface area contributed by atoms with E-state index in [9.17, 15) is 28.8 Å². The van der Waals surface area contributed by atoms with Crippen LogP contribution in [0.5, 0.6) is 0 Å². The van der Waals surface area contributed by atoms with Gasteiger partial charge < -0.3 is 30.6 Å². The van der Waals surface area contributed by atoms with E-state index < -0.39 is 53.8 Å². The molecule has 2 aromatic rings. The monoisotopic (exact) mass is 589 g/mol. The summed E-state index contributed by atoms with van der Waals surface area (Å²) in [6, 6.07) is 3.99. The largest absolute Gasteiger partial charge is 0.469 e. The number of nitrogens with one attached hydrogen (secondary N) is 4. The van der Waals surface area contributed by atoms with Crippen molar-refractivity contribution in [1.82, 2.24) is 25.8 Å². The number of para-hydroxylation sites is 1. The van der Waals surface area contributed by atoms with Gasteiger partial charge in [0.1, 0.15) is 18.1 Å². The van der Waals surface area contributed by atoms with Gasteiger partial charge in [0.15, 0.2) is 5.78 Å². The van der Waals surface area contributed by atoms with Crippen LogP contribution >= 0.6 is 11.6 Å². The number of hydrogen-bond acceptors (Lipinski definition) is 7. The number of H-pyrrole nitrogens is 1. The van der Waals surface area contributed by atoms with Gasteiger partial charge in [-0.05, 0) is 38.3 Å². The second-order valence-corrected chi connectivity index (χ2v) is 10.3. The van der Waals surface area contributed by atoms with Gasteiger partial charge in [-0.25, -0.2) is 0 Å². The predicted octanol–water partition coefficient (Wildman–Crippen LogP) is 0.957. The van der Waals surface area contributed by atoms with Gasteiger partial charge in [-0.15, -0.1) is 11.6 Å². The standard InChI is InChI=1S/C28H36ClN5O7/c1-16(31-24(36)10-11-25(37)41-3)26(38)32-17(2)28(40)34-12-6-9-22(34)27(39)33-21(23(35)14-29)13-18-15-30-20-8-5-4-7-19(18)20/h4-5,7-8,15-17,21-22,30H,6,9-14H2,1-3H3,(H,31,36)(H,32,38)(H,33,39). The smallest absolute Gasteiger partial charge is 0.306 e. The number of carbonyl (C=O) groups is 6. The van der Waals surface area contributed by atoms with Crippen LogP contribution in [0.4, 0.5) is 0 Å². The number of amides is 4. The molecule has 222 valence electrons. The number of esters is 1. The molecule has 2 heterocycles. The van der Waals surface area contributed by atoms with Crippen LogP contribution in [0, 0.1) is 0 Å². The number of aromatic nitrogens is 1. The average Bonchev–Trinajstić information content (AvgIpc) is 3.62. The molecule has 4 N–H and O–H groups in total. The lowest BCUT2D eigenvalue weighted by molar-refractivity contribution is -0.142. The maximum atomic E-state index is 13.3. The summed E-state index contributed by atoms with van der Waals surface area (Å²) >= 11 is 5.85. The Morgan fingerprint density at radius 1 is 1.05 bits per heavy atom. The lowest BCUT2D eigenvalue weighted by atomic mass is 10.0. The molecule has 1 aliphatic heterocycles. The van der Waals surface area contributed by atoms with E-state index in [0.29, 0.717) is 19.4 Å². The number of carbonyl (C=O) groups excluding carboxylic acids is 6. The van der Waals surface area contributed by atoms with E-state index in [4.69, 9.17) is 11.6 Å². The van der Waals surface area contributed by atoms with E-state index in [2.05, 4.69) is 25.7 Å². The number of likely N-dealkylation sites (tertiary alicyclic amines) is 1. The van der Waals surface area contributed by atoms with Crippen LogP contribution in [-0.2, 0) is 39.9 Å². The number of hydrogen-bond donors (Lipinski definition) is 4. The molecule has 0 saturated carbocycles. The maximum Gasteiger partial charge on any atom is 0.306 e. The highest BCUT2D eigenvalue weighted by atomic mass is 35.5. The Balaban J connectivity index is 1.59. The van der Waals surface area contributed by atoms with E-state index in [0.717, 1.165) is 16.5 Å². The summed E-state index contributed by atoms with van der Waals surface area (Å²) < 4.78 is 4.49. The molecule has 1 saturated heterocycles. The van der Waals surface area contributed by atoms with Gasteiger partial charge in [-0.1, -0.05) is 18.2 Å². The third-order valence-corrected chi connectivity index (χ3v) is 7.32. The minimum Gasteiger partial charge on any atom is -0.469 e. The minimum atomic E-state index is -0.975. The SMILES string of the molecule is COC(=O)CCC(=O)NC(C)C(=O)NC(C)C(=O)N1CCCC1C(=O)NC(Cc1c[nH]c2ccccc12)C(=O)CCl. The fourth-order valence-electron chi connectivity index (χ4n) is 4.78. The molecule has 3 rings (SSSR count). The Bertz CT molecular complexity index is 1300. The van der Waals surface area contributed by atoms with E-state index in [1.807, 2.05) is 24.3 Å². The first-order chi connectivity index (χ1) is 19.5. The third-order valence-electron chi connectivity index (χ3n) is 7.06. The Morgan fingerprint density at radius 3 is 2.49 bits per heavy atom. The highest BCUT2D eigenvalue weighted by molar-refractivity contribution is 6.28. The van der Waals surface area contributed by atoms with Gasteiger partial charge in [0, 0.05) is 36.5 Å². The molecule has 4 atom stereocenters. The first-order valence-corrected chi connectivity index (χ1v) is 14.0. The second-order valence-electron chi connectivity index (χ2n) is 10.0. The number of ketones is 1. The molecule has 4 unspecified atom stereocenters. The molecule has 0 bridgehead atoms. The highest BCUT2D eigenvalue weighted by Gasteiger charge is 2.38. The van der Waals surface area contributed by atoms with Crippen molar-refractivity contribution in [3.8, 4) is 0 Å². The number of ether oxygens (including phenoxy) is 1. The summed E-state index contributed by atoms with van der Waals surface area (Å²) in [6.07, 6.45) is 2.74. The Kier molecular flexibility index (Phi) is 11.3. The van der Waals surface area contributed by atoms with Gasteiger partial charge in [-0.2, -0.15) is 0 Å². The molecular weight excluding hydrogens is 554 g/mol. The summed E-state index contributed by atoms with van der Waals surface area (Å²) in [5, 5.41) is 8.77. The van der Waals surface area contributed by atoms with Crippen LogP contribution in [0.25, 0.3) is 10.9 Å². The van der Waals surface area contributed by atoms with Crippen LogP contribution in [0.15, 0.2) is 30.5 Å². The van der Waals surface area contributed by atoms with E-state index in [1.54, 1.807) is 6.20 Å². The van der Waals surface area contributed by atoms with Crippen LogP contribution in [0.2, 0.25) is 0 Å². The molecule has 1 fully saturated rings. The maximum absolute atomic E-state index is 13.3. The summed E-state index contributed by atoms with van der Waals surface area (Å²) in [5.74, 6) is -3.20. The van der Waals surface area contributed by atoms with Gasteiger partial charge in [0.2, 0.25) is 23.6 Å². The Labute approximate surface area is 242 Å². The normalized spacial score (nSPS) is 16.9. The molecule has 12 nitrogen and oxygen atoms in total. The van der Waals surface area contributed by atoms with Crippen molar-refractivity contribution in [3.05, 3.63) is 36.0 Å². The molecule has 4 amide bonds. The van der Waals surface area contributed by atoms with Gasteiger partial charge in [0.25, 0.3) is 0 Å². The molecule has 0 aliphatic carbocycles. The second kappa shape index (κ2) is 14.6. The molecule has 1 aliphatic rings. The zero-order chi connectivity index (χ0) is 30.1. The van der Waals surface area contributed by atoms with Crippen LogP contribution in [-0.4, -0.2) is 89.0 Å². The fourth-order valence-corrected chi connectivity index (χ4v) is 4.96. The van der Waals surface area contributed by atoms with Crippen molar-refractivity contribution in [3.63, 3.8) is 0 Å². The van der Waals surface area contributed by atoms with Gasteiger partial charge in [0.05, 0.1) is 25.5 Å². The predicted molar refractivity (Wildman–Crippen MR) is 151 cm³/mol. The van der Waals surface area contributed by atoms with Crippen molar-refractivity contribution in [1.29, 1.82) is 0 Å². The fraction of sp³-hybridized carbons (Fsp3) is 0.500. The number of Topliss-reactive ketones (excluding diaryl/α,β-unsaturated/α-hetero) is 1. The Hall–Kier alpha value is -3.93. The summed E-state index contributed by atoms with van der Waals surface area (Å²) in [6.45, 7) is 3.26. The number of aromatic amines is 1. The number of methoxy groups -OCH3 is 1. The number of halogens is 1. The van der Waals surface area contributed by atoms with Crippen LogP contribution in [0.3, 0.4) is 0 Å². The lowest BCUT2D eigenvalue weighted by Gasteiger charge is -2.29. The number of nitrogens with zero attached hydrogens (tertiary/aromatic N) is 1. The first kappa shape index (κ1) is 31.6. The van der Waals surface area contributed by atoms with Crippen LogP contribution in [0.1, 0.15) is 45.1 Å². The van der Waals surface area contributed by atoms with E-state index in [-0.39, 0.29) is 30.9 Å². The van der Waals surface area contributed by atoms with E-state index in [1.165, 1.54) is 25.9 Å². The van der Waals surface area contributed by atoms with Crippen molar-refractivity contribution in [2.75, 3.05) is 19.5 Å². The van der Waals surface area contributed by atoms with Gasteiger partial charge in [-0.3, -0.25) is 28.8 Å². The molecule has 41 heavy (non-hydrogen) atoms. The van der Waals surface area contributed by atoms with E-state index >= 15 is 0 Å². The van der Waals surface area contributed by atoms with Gasteiger partial charge >= 0.3 is 5.97 Å². The van der Waals surface area contributed by atoms with Crippen molar-refractivity contribution >= 4 is 57.9 Å². The summed E-state index contributed by atoms with van der Waals surface area (Å²) in [7, 11) is 1.21. The molecule has 0 radical (unpaired) electrons. The van der Waals surface area contributed by atoms with Crippen LogP contribution < -0.4 is 16.0 Å². The summed E-state index contributed by atoms with van der Waals surface area (Å²) in [5.41, 5.74) is 1.76. The van der Waals surface area contributed by atoms with Crippen molar-refractivity contribution in [2.24, 2.45) is 0 Å². The topological polar surface area (TPSA) is 167 Å². The Morgan fingerprint density at radius 2 is 1.78 bits per heavy atom. The average molecular weight is 590 g/mol. The zero-order valence-electron chi connectivity index (χ0n) is 23.3. The lowest BCUT2D eigenvalue weighted by Crippen LogP contribution is -2.56. The third kappa shape index (κ3) is 8.29. The first-order valence-electron chi connectivity index (χ1n) is 13.5. The van der Waals surface area contributed by atoms with Crippen molar-refractivity contribution in [2.45, 2.75) is 70.1 Å².